The normalized spacial score (nSPS) is 13.9. The number of carbonyl (C=O) groups is 3. The molecule has 1 aromatic carbocycles. The third-order valence-electron chi connectivity index (χ3n) is 3.83. The van der Waals surface area contributed by atoms with Gasteiger partial charge in [-0.1, -0.05) is 0 Å². The Morgan fingerprint density at radius 2 is 2.12 bits per heavy atom. The smallest absolute Gasteiger partial charge is 0.387 e. The molecule has 26 heavy (non-hydrogen) atoms. The first kappa shape index (κ1) is 19.5. The van der Waals surface area contributed by atoms with Crippen molar-refractivity contribution in [1.29, 1.82) is 0 Å². The summed E-state index contributed by atoms with van der Waals surface area (Å²) in [5.74, 6) is -3.45. The van der Waals surface area contributed by atoms with Gasteiger partial charge < -0.3 is 19.9 Å². The maximum atomic E-state index is 13.2. The van der Waals surface area contributed by atoms with E-state index in [1.54, 1.807) is 4.90 Å². The minimum Gasteiger partial charge on any atom is -0.432 e. The van der Waals surface area contributed by atoms with Crippen molar-refractivity contribution in [3.63, 3.8) is 0 Å². The molecule has 1 aliphatic heterocycles. The standard InChI is InChI=1S/C16H18F3N3O4/c1-21(7-8-22-6-2-3-13(22)23)15(25)14(24)20-11-5-4-10(17)9-12(11)26-16(18)19/h4-5,9,16H,2-3,6-8H2,1H3,(H,20,24). The molecule has 1 aromatic rings. The molecule has 0 aliphatic carbocycles. The molecule has 3 amide bonds. The summed E-state index contributed by atoms with van der Waals surface area (Å²) >= 11 is 0. The first-order valence-electron chi connectivity index (χ1n) is 7.86. The zero-order valence-corrected chi connectivity index (χ0v) is 14.0. The van der Waals surface area contributed by atoms with Crippen LogP contribution in [0.5, 0.6) is 5.75 Å². The van der Waals surface area contributed by atoms with E-state index in [4.69, 9.17) is 0 Å². The van der Waals surface area contributed by atoms with Crippen LogP contribution in [0, 0.1) is 5.82 Å². The molecule has 0 spiro atoms. The highest BCUT2D eigenvalue weighted by molar-refractivity contribution is 6.39. The number of halogens is 3. The van der Waals surface area contributed by atoms with E-state index in [1.165, 1.54) is 7.05 Å². The number of carbonyl (C=O) groups excluding carboxylic acids is 3. The van der Waals surface area contributed by atoms with Gasteiger partial charge in [0.25, 0.3) is 0 Å². The summed E-state index contributed by atoms with van der Waals surface area (Å²) in [6.07, 6.45) is 1.23. The fourth-order valence-electron chi connectivity index (χ4n) is 2.45. The number of alkyl halides is 2. The third kappa shape index (κ3) is 5.11. The van der Waals surface area contributed by atoms with Crippen LogP contribution in [-0.4, -0.2) is 60.8 Å². The number of amides is 3. The number of hydrogen-bond acceptors (Lipinski definition) is 4. The van der Waals surface area contributed by atoms with Crippen LogP contribution in [0.1, 0.15) is 12.8 Å². The second-order valence-corrected chi connectivity index (χ2v) is 5.68. The summed E-state index contributed by atoms with van der Waals surface area (Å²) < 4.78 is 42.0. The summed E-state index contributed by atoms with van der Waals surface area (Å²) in [4.78, 5) is 38.3. The predicted molar refractivity (Wildman–Crippen MR) is 85.1 cm³/mol. The number of hydrogen-bond donors (Lipinski definition) is 1. The maximum Gasteiger partial charge on any atom is 0.387 e. The lowest BCUT2D eigenvalue weighted by Gasteiger charge is -2.21. The molecule has 7 nitrogen and oxygen atoms in total. The average molecular weight is 373 g/mol. The molecular weight excluding hydrogens is 355 g/mol. The van der Waals surface area contributed by atoms with Gasteiger partial charge in [-0.2, -0.15) is 8.78 Å². The summed E-state index contributed by atoms with van der Waals surface area (Å²) in [5, 5.41) is 2.12. The van der Waals surface area contributed by atoms with Crippen molar-refractivity contribution in [2.24, 2.45) is 0 Å². The molecule has 1 aliphatic rings. The van der Waals surface area contributed by atoms with Crippen LogP contribution in [0.15, 0.2) is 18.2 Å². The van der Waals surface area contributed by atoms with E-state index in [-0.39, 0.29) is 18.1 Å². The van der Waals surface area contributed by atoms with Crippen LogP contribution < -0.4 is 10.1 Å². The Morgan fingerprint density at radius 3 is 2.73 bits per heavy atom. The van der Waals surface area contributed by atoms with Crippen molar-refractivity contribution in [2.45, 2.75) is 19.5 Å². The van der Waals surface area contributed by atoms with Crippen molar-refractivity contribution in [2.75, 3.05) is 32.0 Å². The second-order valence-electron chi connectivity index (χ2n) is 5.68. The predicted octanol–water partition coefficient (Wildman–Crippen LogP) is 1.45. The van der Waals surface area contributed by atoms with Crippen LogP contribution in [0.3, 0.4) is 0 Å². The van der Waals surface area contributed by atoms with Gasteiger partial charge in [-0.15, -0.1) is 0 Å². The van der Waals surface area contributed by atoms with Gasteiger partial charge in [0, 0.05) is 39.2 Å². The first-order valence-corrected chi connectivity index (χ1v) is 7.86. The number of benzene rings is 1. The van der Waals surface area contributed by atoms with E-state index in [2.05, 4.69) is 10.1 Å². The first-order chi connectivity index (χ1) is 12.3. The van der Waals surface area contributed by atoms with E-state index in [0.29, 0.717) is 25.6 Å². The maximum absolute atomic E-state index is 13.2. The van der Waals surface area contributed by atoms with Gasteiger partial charge in [0.2, 0.25) is 5.91 Å². The zero-order chi connectivity index (χ0) is 19.3. The van der Waals surface area contributed by atoms with E-state index in [0.717, 1.165) is 23.5 Å². The number of anilines is 1. The van der Waals surface area contributed by atoms with E-state index >= 15 is 0 Å². The molecule has 0 aromatic heterocycles. The van der Waals surface area contributed by atoms with Crippen molar-refractivity contribution in [3.05, 3.63) is 24.0 Å². The van der Waals surface area contributed by atoms with Crippen LogP contribution in [0.2, 0.25) is 0 Å². The van der Waals surface area contributed by atoms with Crippen LogP contribution in [-0.2, 0) is 14.4 Å². The molecule has 142 valence electrons. The van der Waals surface area contributed by atoms with E-state index in [1.807, 2.05) is 0 Å². The van der Waals surface area contributed by atoms with Gasteiger partial charge in [-0.05, 0) is 18.6 Å². The highest BCUT2D eigenvalue weighted by Gasteiger charge is 2.24. The lowest BCUT2D eigenvalue weighted by Crippen LogP contribution is -2.41. The Kier molecular flexibility index (Phi) is 6.42. The van der Waals surface area contributed by atoms with Crippen molar-refractivity contribution < 1.29 is 32.3 Å². The molecule has 1 saturated heterocycles. The number of likely N-dealkylation sites (tertiary alicyclic amines) is 1. The van der Waals surface area contributed by atoms with E-state index in [9.17, 15) is 27.6 Å². The highest BCUT2D eigenvalue weighted by Crippen LogP contribution is 2.27. The van der Waals surface area contributed by atoms with Gasteiger partial charge >= 0.3 is 18.4 Å². The van der Waals surface area contributed by atoms with E-state index < -0.39 is 30.0 Å². The van der Waals surface area contributed by atoms with Crippen LogP contribution >= 0.6 is 0 Å². The number of likely N-dealkylation sites (N-methyl/N-ethyl adjacent to an activating group) is 1. The van der Waals surface area contributed by atoms with Crippen LogP contribution in [0.4, 0.5) is 18.9 Å². The lowest BCUT2D eigenvalue weighted by molar-refractivity contribution is -0.142. The molecule has 0 saturated carbocycles. The summed E-state index contributed by atoms with van der Waals surface area (Å²) in [6.45, 7) is -2.17. The fourth-order valence-corrected chi connectivity index (χ4v) is 2.45. The minimum atomic E-state index is -3.22. The number of ether oxygens (including phenoxy) is 1. The molecule has 10 heteroatoms. The van der Waals surface area contributed by atoms with Gasteiger partial charge in [-0.3, -0.25) is 14.4 Å². The molecule has 0 unspecified atom stereocenters. The third-order valence-corrected chi connectivity index (χ3v) is 3.83. The molecule has 2 rings (SSSR count). The fraction of sp³-hybridized carbons (Fsp3) is 0.438. The van der Waals surface area contributed by atoms with Crippen molar-refractivity contribution in [1.82, 2.24) is 9.80 Å². The molecule has 0 radical (unpaired) electrons. The Balaban J connectivity index is 1.95. The Bertz CT molecular complexity index is 699. The lowest BCUT2D eigenvalue weighted by atomic mass is 10.2. The molecule has 1 N–H and O–H groups in total. The van der Waals surface area contributed by atoms with Gasteiger partial charge in [0.15, 0.2) is 5.75 Å². The molecule has 1 heterocycles. The van der Waals surface area contributed by atoms with Gasteiger partial charge in [0.1, 0.15) is 5.82 Å². The second kappa shape index (κ2) is 8.54. The number of nitrogens with one attached hydrogen (secondary N) is 1. The highest BCUT2D eigenvalue weighted by atomic mass is 19.3. The SMILES string of the molecule is CN(CCN1CCCC1=O)C(=O)C(=O)Nc1ccc(F)cc1OC(F)F. The summed E-state index contributed by atoms with van der Waals surface area (Å²) in [7, 11) is 1.38. The minimum absolute atomic E-state index is 0.00426. The van der Waals surface area contributed by atoms with Gasteiger partial charge in [0.05, 0.1) is 5.69 Å². The number of nitrogens with zero attached hydrogens (tertiary/aromatic N) is 2. The summed E-state index contributed by atoms with van der Waals surface area (Å²) in [6, 6.07) is 2.62. The average Bonchev–Trinajstić information content (AvgIpc) is 2.98. The monoisotopic (exact) mass is 373 g/mol. The number of rotatable bonds is 6. The van der Waals surface area contributed by atoms with Crippen LogP contribution in [0.25, 0.3) is 0 Å². The Labute approximate surface area is 147 Å². The molecule has 0 bridgehead atoms. The Hall–Kier alpha value is -2.78. The van der Waals surface area contributed by atoms with Crippen molar-refractivity contribution >= 4 is 23.4 Å². The molecular formula is C16H18F3N3O4. The Morgan fingerprint density at radius 1 is 1.38 bits per heavy atom. The molecule has 1 fully saturated rings. The quantitative estimate of drug-likeness (QED) is 0.766. The van der Waals surface area contributed by atoms with Crippen molar-refractivity contribution in [3.8, 4) is 5.75 Å². The molecule has 0 atom stereocenters. The topological polar surface area (TPSA) is 79.0 Å². The largest absolute Gasteiger partial charge is 0.432 e. The van der Waals surface area contributed by atoms with Gasteiger partial charge in [-0.25, -0.2) is 4.39 Å². The zero-order valence-electron chi connectivity index (χ0n) is 14.0. The summed E-state index contributed by atoms with van der Waals surface area (Å²) in [5.41, 5.74) is -0.256.